The monoisotopic (exact) mass is 301 g/mol. The minimum atomic E-state index is -0.0324. The van der Waals surface area contributed by atoms with Crippen molar-refractivity contribution in [2.24, 2.45) is 7.05 Å². The normalized spacial score (nSPS) is 18.0. The maximum atomic E-state index is 12.5. The number of anilines is 1. The van der Waals surface area contributed by atoms with Crippen LogP contribution in [0.4, 0.5) is 10.5 Å². The van der Waals surface area contributed by atoms with Crippen LogP contribution in [0.2, 0.25) is 0 Å². The molecular weight excluding hydrogens is 282 g/mol. The topological polar surface area (TPSA) is 37.3 Å². The van der Waals surface area contributed by atoms with E-state index in [1.165, 1.54) is 5.56 Å². The molecule has 0 saturated carbocycles. The van der Waals surface area contributed by atoms with Gasteiger partial charge in [-0.1, -0.05) is 17.7 Å². The molecule has 1 aromatic carbocycles. The fourth-order valence-electron chi connectivity index (χ4n) is 2.49. The molecule has 21 heavy (non-hydrogen) atoms. The Kier molecular flexibility index (Phi) is 3.92. The Labute approximate surface area is 129 Å². The van der Waals surface area contributed by atoms with Crippen LogP contribution < -0.4 is 5.32 Å². The summed E-state index contributed by atoms with van der Waals surface area (Å²) in [5, 5.41) is 3.08. The number of amides is 2. The Hall–Kier alpha value is -1.88. The highest BCUT2D eigenvalue weighted by atomic mass is 32.2. The largest absolute Gasteiger partial charge is 0.352 e. The predicted molar refractivity (Wildman–Crippen MR) is 87.5 cm³/mol. The second-order valence-corrected chi connectivity index (χ2v) is 6.44. The summed E-state index contributed by atoms with van der Waals surface area (Å²) in [4.78, 5) is 14.4. The van der Waals surface area contributed by atoms with E-state index in [2.05, 4.69) is 16.0 Å². The van der Waals surface area contributed by atoms with E-state index >= 15 is 0 Å². The summed E-state index contributed by atoms with van der Waals surface area (Å²) in [6.45, 7) is 2.81. The van der Waals surface area contributed by atoms with Crippen molar-refractivity contribution in [3.63, 3.8) is 0 Å². The minimum Gasteiger partial charge on any atom is -0.352 e. The molecule has 3 rings (SSSR count). The molecule has 1 aliphatic rings. The molecule has 4 nitrogen and oxygen atoms in total. The molecule has 2 aromatic rings. The first-order chi connectivity index (χ1) is 10.1. The molecular formula is C16H19N3OS. The van der Waals surface area contributed by atoms with Gasteiger partial charge in [0.15, 0.2) is 0 Å². The van der Waals surface area contributed by atoms with E-state index in [4.69, 9.17) is 0 Å². The van der Waals surface area contributed by atoms with Gasteiger partial charge in [0.25, 0.3) is 0 Å². The zero-order chi connectivity index (χ0) is 14.8. The van der Waals surface area contributed by atoms with Crippen molar-refractivity contribution in [1.82, 2.24) is 9.47 Å². The van der Waals surface area contributed by atoms with E-state index < -0.39 is 0 Å². The number of aromatic nitrogens is 1. The summed E-state index contributed by atoms with van der Waals surface area (Å²) in [5.74, 6) is 0.969. The molecule has 1 aromatic heterocycles. The third-order valence-electron chi connectivity index (χ3n) is 3.69. The third kappa shape index (κ3) is 2.93. The number of thioether (sulfide) groups is 1. The zero-order valence-electron chi connectivity index (χ0n) is 12.2. The molecule has 0 radical (unpaired) electrons. The average Bonchev–Trinajstić information content (AvgIpc) is 3.09. The quantitative estimate of drug-likeness (QED) is 0.920. The van der Waals surface area contributed by atoms with Gasteiger partial charge in [0.1, 0.15) is 5.37 Å². The summed E-state index contributed by atoms with van der Waals surface area (Å²) in [5.41, 5.74) is 3.19. The molecule has 1 unspecified atom stereocenters. The number of aryl methyl sites for hydroxylation is 2. The molecule has 0 aliphatic carbocycles. The number of rotatable bonds is 2. The molecule has 2 heterocycles. The van der Waals surface area contributed by atoms with Crippen LogP contribution in [0.15, 0.2) is 42.6 Å². The van der Waals surface area contributed by atoms with Gasteiger partial charge in [-0.2, -0.15) is 0 Å². The van der Waals surface area contributed by atoms with Crippen LogP contribution in [0, 0.1) is 6.92 Å². The maximum absolute atomic E-state index is 12.5. The third-order valence-corrected chi connectivity index (χ3v) is 4.92. The van der Waals surface area contributed by atoms with Crippen molar-refractivity contribution in [2.45, 2.75) is 12.3 Å². The van der Waals surface area contributed by atoms with Crippen LogP contribution in [0.25, 0.3) is 0 Å². The standard InChI is InChI=1S/C16H19N3OS/c1-12-5-7-13(8-6-12)17-16(20)19-10-11-21-15(19)14-4-3-9-18(14)2/h3-9,15H,10-11H2,1-2H3,(H,17,20). The first-order valence-electron chi connectivity index (χ1n) is 7.02. The summed E-state index contributed by atoms with van der Waals surface area (Å²) in [6, 6.07) is 11.9. The van der Waals surface area contributed by atoms with Crippen LogP contribution in [-0.2, 0) is 7.05 Å². The van der Waals surface area contributed by atoms with Gasteiger partial charge in [-0.05, 0) is 31.2 Å². The summed E-state index contributed by atoms with van der Waals surface area (Å²) in [6.07, 6.45) is 2.02. The fraction of sp³-hybridized carbons (Fsp3) is 0.312. The first-order valence-corrected chi connectivity index (χ1v) is 8.07. The molecule has 1 atom stereocenters. The van der Waals surface area contributed by atoms with Crippen molar-refractivity contribution < 1.29 is 4.79 Å². The fourth-order valence-corrected chi connectivity index (χ4v) is 3.81. The maximum Gasteiger partial charge on any atom is 0.323 e. The second-order valence-electron chi connectivity index (χ2n) is 5.26. The Morgan fingerprint density at radius 1 is 1.29 bits per heavy atom. The summed E-state index contributed by atoms with van der Waals surface area (Å²) in [7, 11) is 2.02. The van der Waals surface area contributed by atoms with E-state index in [9.17, 15) is 4.79 Å². The van der Waals surface area contributed by atoms with Crippen LogP contribution in [0.5, 0.6) is 0 Å². The lowest BCUT2D eigenvalue weighted by atomic mass is 10.2. The number of nitrogens with one attached hydrogen (secondary N) is 1. The Bertz CT molecular complexity index is 635. The second kappa shape index (κ2) is 5.85. The number of benzene rings is 1. The minimum absolute atomic E-state index is 0.0324. The van der Waals surface area contributed by atoms with Crippen LogP contribution in [0.3, 0.4) is 0 Å². The molecule has 110 valence electrons. The van der Waals surface area contributed by atoms with Gasteiger partial charge in [-0.3, -0.25) is 0 Å². The lowest BCUT2D eigenvalue weighted by molar-refractivity contribution is 0.213. The van der Waals surface area contributed by atoms with Gasteiger partial charge in [0, 0.05) is 31.2 Å². The summed E-state index contributed by atoms with van der Waals surface area (Å²) < 4.78 is 2.08. The molecule has 0 bridgehead atoms. The van der Waals surface area contributed by atoms with Gasteiger partial charge >= 0.3 is 6.03 Å². The van der Waals surface area contributed by atoms with Gasteiger partial charge in [-0.25, -0.2) is 4.79 Å². The molecule has 5 heteroatoms. The highest BCUT2D eigenvalue weighted by molar-refractivity contribution is 7.99. The Morgan fingerprint density at radius 3 is 2.71 bits per heavy atom. The van der Waals surface area contributed by atoms with E-state index in [1.54, 1.807) is 0 Å². The van der Waals surface area contributed by atoms with E-state index in [0.717, 1.165) is 23.7 Å². The van der Waals surface area contributed by atoms with E-state index in [1.807, 2.05) is 67.2 Å². The zero-order valence-corrected chi connectivity index (χ0v) is 13.1. The van der Waals surface area contributed by atoms with Crippen molar-refractivity contribution in [1.29, 1.82) is 0 Å². The van der Waals surface area contributed by atoms with Gasteiger partial charge < -0.3 is 14.8 Å². The molecule has 2 amide bonds. The van der Waals surface area contributed by atoms with Gasteiger partial charge in [0.2, 0.25) is 0 Å². The van der Waals surface area contributed by atoms with Crippen LogP contribution in [-0.4, -0.2) is 27.8 Å². The first kappa shape index (κ1) is 14.1. The molecule has 1 saturated heterocycles. The Balaban J connectivity index is 1.74. The molecule has 1 N–H and O–H groups in total. The van der Waals surface area contributed by atoms with Crippen molar-refractivity contribution in [3.05, 3.63) is 53.9 Å². The van der Waals surface area contributed by atoms with Crippen molar-refractivity contribution >= 4 is 23.5 Å². The number of hydrogen-bond acceptors (Lipinski definition) is 2. The van der Waals surface area contributed by atoms with Gasteiger partial charge in [0.05, 0.1) is 5.69 Å². The highest BCUT2D eigenvalue weighted by Gasteiger charge is 2.32. The predicted octanol–water partition coefficient (Wildman–Crippen LogP) is 3.61. The lowest BCUT2D eigenvalue weighted by Crippen LogP contribution is -2.34. The lowest BCUT2D eigenvalue weighted by Gasteiger charge is -2.24. The highest BCUT2D eigenvalue weighted by Crippen LogP contribution is 2.38. The van der Waals surface area contributed by atoms with Crippen LogP contribution in [0.1, 0.15) is 16.6 Å². The van der Waals surface area contributed by atoms with E-state index in [-0.39, 0.29) is 11.4 Å². The van der Waals surface area contributed by atoms with Crippen molar-refractivity contribution in [2.75, 3.05) is 17.6 Å². The SMILES string of the molecule is Cc1ccc(NC(=O)N2CCSC2c2cccn2C)cc1. The van der Waals surface area contributed by atoms with Gasteiger partial charge in [-0.15, -0.1) is 11.8 Å². The summed E-state index contributed by atoms with van der Waals surface area (Å²) >= 11 is 1.81. The average molecular weight is 301 g/mol. The Morgan fingerprint density at radius 2 is 2.05 bits per heavy atom. The molecule has 1 aliphatic heterocycles. The molecule has 0 spiro atoms. The number of carbonyl (C=O) groups excluding carboxylic acids is 1. The van der Waals surface area contributed by atoms with Crippen molar-refractivity contribution in [3.8, 4) is 0 Å². The number of hydrogen-bond donors (Lipinski definition) is 1. The van der Waals surface area contributed by atoms with E-state index in [0.29, 0.717) is 0 Å². The van der Waals surface area contributed by atoms with Crippen LogP contribution >= 0.6 is 11.8 Å². The number of carbonyl (C=O) groups is 1. The number of nitrogens with zero attached hydrogens (tertiary/aromatic N) is 2. The smallest absolute Gasteiger partial charge is 0.323 e. The number of urea groups is 1. The molecule has 1 fully saturated rings.